The van der Waals surface area contributed by atoms with Crippen molar-refractivity contribution in [1.82, 2.24) is 19.8 Å². The topological polar surface area (TPSA) is 176 Å². The number of alkyl carbamates (subject to hydrolysis) is 1. The predicted octanol–water partition coefficient (Wildman–Crippen LogP) is 9.69. The van der Waals surface area contributed by atoms with Crippen LogP contribution in [0.5, 0.6) is 0 Å². The van der Waals surface area contributed by atoms with Crippen LogP contribution in [0.25, 0.3) is 33.3 Å². The summed E-state index contributed by atoms with van der Waals surface area (Å²) in [5, 5.41) is 13.4. The predicted molar refractivity (Wildman–Crippen MR) is 228 cm³/mol. The van der Waals surface area contributed by atoms with Crippen LogP contribution < -0.4 is 5.32 Å². The molecule has 6 rings (SSSR count). The second-order valence-corrected chi connectivity index (χ2v) is 17.9. The van der Waals surface area contributed by atoms with Crippen LogP contribution in [0.2, 0.25) is 0 Å². The molecular formula is C47H52N4O10. The zero-order valence-corrected chi connectivity index (χ0v) is 35.9. The highest BCUT2D eigenvalue weighted by Gasteiger charge is 2.33. The number of para-hydroxylation sites is 1. The van der Waals surface area contributed by atoms with E-state index in [1.807, 2.05) is 48.5 Å². The van der Waals surface area contributed by atoms with Crippen molar-refractivity contribution in [3.8, 4) is 22.4 Å². The van der Waals surface area contributed by atoms with Crippen LogP contribution in [-0.2, 0) is 36.7 Å². The van der Waals surface area contributed by atoms with E-state index in [2.05, 4.69) is 10.3 Å². The summed E-state index contributed by atoms with van der Waals surface area (Å²) >= 11 is 0. The van der Waals surface area contributed by atoms with Crippen molar-refractivity contribution in [2.24, 2.45) is 0 Å². The van der Waals surface area contributed by atoms with Gasteiger partial charge in [0.15, 0.2) is 0 Å². The zero-order valence-electron chi connectivity index (χ0n) is 35.9. The number of hydrogen-bond acceptors (Lipinski definition) is 10. The molecule has 0 spiro atoms. The van der Waals surface area contributed by atoms with Gasteiger partial charge >= 0.3 is 30.3 Å². The molecule has 2 N–H and O–H groups in total. The number of carbonyl (C=O) groups excluding carboxylic acids is 4. The molecule has 2 heterocycles. The number of aliphatic carboxylic acids is 1. The summed E-state index contributed by atoms with van der Waals surface area (Å²) in [6.07, 6.45) is -0.576. The molecule has 3 amide bonds. The minimum atomic E-state index is -1.42. The summed E-state index contributed by atoms with van der Waals surface area (Å²) in [5.74, 6) is -1.52. The Balaban J connectivity index is 1.27. The van der Waals surface area contributed by atoms with Gasteiger partial charge in [-0.1, -0.05) is 72.8 Å². The van der Waals surface area contributed by atoms with Crippen molar-refractivity contribution in [1.29, 1.82) is 0 Å². The highest BCUT2D eigenvalue weighted by molar-refractivity contribution is 6.01. The molecule has 14 nitrogen and oxygen atoms in total. The van der Waals surface area contributed by atoms with Crippen LogP contribution >= 0.6 is 0 Å². The summed E-state index contributed by atoms with van der Waals surface area (Å²) in [4.78, 5) is 71.5. The number of hydrogen-bond donors (Lipinski definition) is 2. The van der Waals surface area contributed by atoms with Crippen LogP contribution in [-0.4, -0.2) is 79.4 Å². The van der Waals surface area contributed by atoms with Gasteiger partial charge in [-0.05, 0) is 102 Å². The zero-order chi connectivity index (χ0) is 44.4. The maximum absolute atomic E-state index is 13.8. The minimum Gasteiger partial charge on any atom is -0.480 e. The van der Waals surface area contributed by atoms with E-state index in [4.69, 9.17) is 18.9 Å². The third-order valence-corrected chi connectivity index (χ3v) is 9.53. The Morgan fingerprint density at radius 3 is 1.82 bits per heavy atom. The van der Waals surface area contributed by atoms with Gasteiger partial charge in [0.25, 0.3) is 0 Å². The van der Waals surface area contributed by atoms with Gasteiger partial charge in [-0.15, -0.1) is 0 Å². The second-order valence-electron chi connectivity index (χ2n) is 17.9. The Bertz CT molecular complexity index is 2400. The van der Waals surface area contributed by atoms with E-state index in [-0.39, 0.29) is 25.5 Å². The van der Waals surface area contributed by atoms with E-state index >= 15 is 0 Å². The van der Waals surface area contributed by atoms with E-state index in [1.165, 1.54) is 17.0 Å². The Hall–Kier alpha value is -6.70. The lowest BCUT2D eigenvalue weighted by molar-refractivity contribution is -0.139. The first-order valence-corrected chi connectivity index (χ1v) is 20.0. The van der Waals surface area contributed by atoms with E-state index < -0.39 is 53.2 Å². The van der Waals surface area contributed by atoms with Crippen molar-refractivity contribution in [3.05, 3.63) is 114 Å². The molecule has 1 aliphatic rings. The smallest absolute Gasteiger partial charge is 0.420 e. The van der Waals surface area contributed by atoms with Crippen molar-refractivity contribution in [3.63, 3.8) is 0 Å². The number of amides is 3. The van der Waals surface area contributed by atoms with Crippen LogP contribution in [0.3, 0.4) is 0 Å². The van der Waals surface area contributed by atoms with E-state index in [9.17, 15) is 29.1 Å². The Labute approximate surface area is 354 Å². The number of ether oxygens (including phenoxy) is 4. The number of carbonyl (C=O) groups is 5. The van der Waals surface area contributed by atoms with Crippen molar-refractivity contribution >= 4 is 41.2 Å². The highest BCUT2D eigenvalue weighted by atomic mass is 16.6. The molecule has 14 heteroatoms. The fraction of sp³-hybridized carbons (Fsp3) is 0.362. The van der Waals surface area contributed by atoms with Crippen LogP contribution in [0.15, 0.2) is 91.3 Å². The first-order chi connectivity index (χ1) is 28.6. The molecule has 0 radical (unpaired) electrons. The average Bonchev–Trinajstić information content (AvgIpc) is 3.69. The van der Waals surface area contributed by atoms with Crippen molar-refractivity contribution in [2.45, 2.75) is 104 Å². The largest absolute Gasteiger partial charge is 0.480 e. The fourth-order valence-corrected chi connectivity index (χ4v) is 7.08. The molecule has 1 atom stereocenters. The maximum Gasteiger partial charge on any atom is 0.420 e. The second kappa shape index (κ2) is 17.1. The summed E-state index contributed by atoms with van der Waals surface area (Å²) in [5.41, 5.74) is 3.79. The van der Waals surface area contributed by atoms with Crippen molar-refractivity contribution < 1.29 is 48.0 Å². The Kier molecular flexibility index (Phi) is 12.3. The Morgan fingerprint density at radius 1 is 0.738 bits per heavy atom. The molecule has 0 aliphatic heterocycles. The maximum atomic E-state index is 13.8. The monoisotopic (exact) mass is 832 g/mol. The van der Waals surface area contributed by atoms with Gasteiger partial charge in [0.1, 0.15) is 29.5 Å². The highest BCUT2D eigenvalue weighted by Crippen LogP contribution is 2.44. The summed E-state index contributed by atoms with van der Waals surface area (Å²) in [6, 6.07) is 23.0. The number of carboxylic acids is 1. The number of pyridine rings is 1. The third-order valence-electron chi connectivity index (χ3n) is 9.53. The quantitative estimate of drug-likeness (QED) is 0.135. The number of nitrogens with zero attached hydrogens (tertiary/aromatic N) is 3. The number of rotatable bonds is 9. The van der Waals surface area contributed by atoms with Gasteiger partial charge in [-0.2, -0.15) is 0 Å². The van der Waals surface area contributed by atoms with Crippen LogP contribution in [0.4, 0.5) is 19.2 Å². The molecule has 320 valence electrons. The number of fused-ring (bicyclic) bond motifs is 4. The van der Waals surface area contributed by atoms with Gasteiger partial charge in [0.05, 0.1) is 17.8 Å². The molecule has 0 unspecified atom stereocenters. The minimum absolute atomic E-state index is 0.000656. The third kappa shape index (κ3) is 10.6. The molecule has 5 aromatic rings. The number of imide groups is 1. The number of aromatic nitrogens is 2. The van der Waals surface area contributed by atoms with Crippen LogP contribution in [0, 0.1) is 0 Å². The molecule has 0 saturated carbocycles. The standard InChI is InChI=1S/C47H52N4O10/c1-45(2,3)59-42(55)50-26-29(23-38(40(52)53)49-41(54)58-27-36-33-17-12-10-15-31(33)32-16-11-13-18-34(32)36)30-19-14-20-35(39(30)50)37-22-21-28(24-48-37)25-51(43(56)60-46(4,5)6)44(57)61-47(7,8)9/h10-22,24,26,36,38H,23,25,27H2,1-9H3,(H,49,54)(H,52,53)/t38-/m0/s1. The average molecular weight is 833 g/mol. The first kappa shape index (κ1) is 43.9. The number of benzene rings is 3. The molecule has 61 heavy (non-hydrogen) atoms. The fourth-order valence-electron chi connectivity index (χ4n) is 7.08. The van der Waals surface area contributed by atoms with Crippen molar-refractivity contribution in [2.75, 3.05) is 6.61 Å². The van der Waals surface area contributed by atoms with E-state index in [1.54, 1.807) is 92.6 Å². The van der Waals surface area contributed by atoms with E-state index in [0.717, 1.165) is 27.2 Å². The van der Waals surface area contributed by atoms with Gasteiger partial charge < -0.3 is 29.4 Å². The lowest BCUT2D eigenvalue weighted by Gasteiger charge is -2.28. The van der Waals surface area contributed by atoms with Gasteiger partial charge in [0.2, 0.25) is 0 Å². The molecule has 0 fully saturated rings. The van der Waals surface area contributed by atoms with Gasteiger partial charge in [-0.3, -0.25) is 9.55 Å². The van der Waals surface area contributed by atoms with Crippen LogP contribution in [0.1, 0.15) is 90.5 Å². The first-order valence-electron chi connectivity index (χ1n) is 20.0. The van der Waals surface area contributed by atoms with Gasteiger partial charge in [0, 0.05) is 35.7 Å². The number of carboxylic acid groups (broad SMARTS) is 1. The van der Waals surface area contributed by atoms with Gasteiger partial charge in [-0.25, -0.2) is 28.9 Å². The molecule has 3 aromatic carbocycles. The lowest BCUT2D eigenvalue weighted by Crippen LogP contribution is -2.43. The summed E-state index contributed by atoms with van der Waals surface area (Å²) < 4.78 is 23.7. The summed E-state index contributed by atoms with van der Waals surface area (Å²) in [7, 11) is 0. The number of nitrogens with one attached hydrogen (secondary N) is 1. The summed E-state index contributed by atoms with van der Waals surface area (Å²) in [6.45, 7) is 15.1. The molecule has 0 saturated heterocycles. The molecule has 2 aromatic heterocycles. The Morgan fingerprint density at radius 2 is 1.30 bits per heavy atom. The molecular weight excluding hydrogens is 781 g/mol. The molecule has 1 aliphatic carbocycles. The lowest BCUT2D eigenvalue weighted by atomic mass is 9.98. The molecule has 0 bridgehead atoms. The van der Waals surface area contributed by atoms with E-state index in [0.29, 0.717) is 33.3 Å². The SMILES string of the molecule is CC(C)(C)OC(=O)N(Cc1ccc(-c2cccc3c(C[C@H](NC(=O)OCC4c5ccccc5-c5ccccc54)C(=O)O)cn(C(=O)OC(C)(C)C)c23)nc1)C(=O)OC(C)(C)C. The normalized spacial score (nSPS) is 13.1.